The van der Waals surface area contributed by atoms with E-state index in [1.807, 2.05) is 6.07 Å². The Hall–Kier alpha value is -2.06. The number of amides is 2. The first-order chi connectivity index (χ1) is 8.97. The van der Waals surface area contributed by atoms with Crippen molar-refractivity contribution >= 4 is 23.4 Å². The summed E-state index contributed by atoms with van der Waals surface area (Å²) in [5.74, 6) is -1.53. The molecular formula is C13H14ClN3O2. The Morgan fingerprint density at radius 1 is 1.47 bits per heavy atom. The van der Waals surface area contributed by atoms with E-state index in [4.69, 9.17) is 22.6 Å². The second-order valence-electron chi connectivity index (χ2n) is 4.17. The van der Waals surface area contributed by atoms with Crippen molar-refractivity contribution in [2.45, 2.75) is 19.4 Å². The van der Waals surface area contributed by atoms with Crippen LogP contribution in [0.1, 0.15) is 23.7 Å². The average Bonchev–Trinajstić information content (AvgIpc) is 2.36. The Kier molecular flexibility index (Phi) is 5.34. The van der Waals surface area contributed by atoms with Gasteiger partial charge in [-0.05, 0) is 18.1 Å². The maximum absolute atomic E-state index is 12.0. The lowest BCUT2D eigenvalue weighted by atomic mass is 9.98. The number of hydrogen-bond donors (Lipinski definition) is 2. The molecule has 2 atom stereocenters. The standard InChI is InChI=1S/C13H14ClN3O2/c1-8(6-7-15)11(12(16)18)17-13(19)9-4-2-3-5-10(9)14/h2-5,8,11H,6H2,1H3,(H2,16,18)(H,17,19)/t8-,11-/m1/s1. The molecule has 1 rings (SSSR count). The second kappa shape index (κ2) is 6.76. The van der Waals surface area contributed by atoms with Crippen LogP contribution in [-0.4, -0.2) is 17.9 Å². The Bertz CT molecular complexity index is 525. The number of carbonyl (C=O) groups is 2. The molecule has 100 valence electrons. The number of nitrogens with two attached hydrogens (primary N) is 1. The molecule has 0 aromatic heterocycles. The molecule has 0 aliphatic rings. The number of halogens is 1. The second-order valence-corrected chi connectivity index (χ2v) is 4.58. The molecule has 2 amide bonds. The molecule has 0 fully saturated rings. The first kappa shape index (κ1) is 15.0. The van der Waals surface area contributed by atoms with Crippen LogP contribution in [0, 0.1) is 17.2 Å². The molecule has 0 unspecified atom stereocenters. The lowest BCUT2D eigenvalue weighted by Gasteiger charge is -2.20. The molecule has 0 heterocycles. The summed E-state index contributed by atoms with van der Waals surface area (Å²) in [6.45, 7) is 1.67. The molecule has 0 bridgehead atoms. The Morgan fingerprint density at radius 2 is 2.11 bits per heavy atom. The number of carbonyl (C=O) groups excluding carboxylic acids is 2. The topological polar surface area (TPSA) is 96.0 Å². The monoisotopic (exact) mass is 279 g/mol. The summed E-state index contributed by atoms with van der Waals surface area (Å²) in [4.78, 5) is 23.3. The van der Waals surface area contributed by atoms with Gasteiger partial charge in [0, 0.05) is 6.42 Å². The normalized spacial score (nSPS) is 13.1. The Labute approximate surface area is 116 Å². The molecule has 0 aliphatic carbocycles. The Morgan fingerprint density at radius 3 is 2.63 bits per heavy atom. The lowest BCUT2D eigenvalue weighted by molar-refractivity contribution is -0.120. The van der Waals surface area contributed by atoms with E-state index >= 15 is 0 Å². The van der Waals surface area contributed by atoms with Crippen LogP contribution in [0.15, 0.2) is 24.3 Å². The van der Waals surface area contributed by atoms with Crippen LogP contribution in [0.3, 0.4) is 0 Å². The summed E-state index contributed by atoms with van der Waals surface area (Å²) in [7, 11) is 0. The molecule has 1 aromatic rings. The van der Waals surface area contributed by atoms with E-state index in [-0.39, 0.29) is 22.9 Å². The summed E-state index contributed by atoms with van der Waals surface area (Å²) in [5, 5.41) is 11.4. The molecule has 6 heteroatoms. The summed E-state index contributed by atoms with van der Waals surface area (Å²) < 4.78 is 0. The minimum atomic E-state index is -0.900. The van der Waals surface area contributed by atoms with Crippen LogP contribution >= 0.6 is 11.6 Å². The van der Waals surface area contributed by atoms with Gasteiger partial charge in [-0.15, -0.1) is 0 Å². The Balaban J connectivity index is 2.87. The summed E-state index contributed by atoms with van der Waals surface area (Å²) in [5.41, 5.74) is 5.50. The van der Waals surface area contributed by atoms with Crippen LogP contribution in [0.2, 0.25) is 5.02 Å². The maximum Gasteiger partial charge on any atom is 0.253 e. The highest BCUT2D eigenvalue weighted by atomic mass is 35.5. The van der Waals surface area contributed by atoms with Crippen molar-refractivity contribution in [2.75, 3.05) is 0 Å². The third-order valence-electron chi connectivity index (χ3n) is 2.69. The molecule has 5 nitrogen and oxygen atoms in total. The van der Waals surface area contributed by atoms with Crippen molar-refractivity contribution in [3.8, 4) is 6.07 Å². The number of nitrogens with zero attached hydrogens (tertiary/aromatic N) is 1. The molecule has 0 saturated heterocycles. The number of benzene rings is 1. The van der Waals surface area contributed by atoms with E-state index in [0.717, 1.165) is 0 Å². The first-order valence-electron chi connectivity index (χ1n) is 5.69. The molecule has 3 N–H and O–H groups in total. The average molecular weight is 280 g/mol. The number of nitriles is 1. The molecule has 0 radical (unpaired) electrons. The zero-order valence-corrected chi connectivity index (χ0v) is 11.1. The first-order valence-corrected chi connectivity index (χ1v) is 6.06. The smallest absolute Gasteiger partial charge is 0.253 e. The van der Waals surface area contributed by atoms with E-state index < -0.39 is 17.9 Å². The highest BCUT2D eigenvalue weighted by Gasteiger charge is 2.25. The van der Waals surface area contributed by atoms with Gasteiger partial charge in [0.05, 0.1) is 16.7 Å². The van der Waals surface area contributed by atoms with E-state index in [2.05, 4.69) is 5.32 Å². The molecule has 0 spiro atoms. The minimum Gasteiger partial charge on any atom is -0.368 e. The summed E-state index contributed by atoms with van der Waals surface area (Å²) in [6, 6.07) is 7.53. The number of rotatable bonds is 5. The fourth-order valence-electron chi connectivity index (χ4n) is 1.62. The predicted octanol–water partition coefficient (Wildman–Crippen LogP) is 1.47. The number of hydrogen-bond acceptors (Lipinski definition) is 3. The van der Waals surface area contributed by atoms with Gasteiger partial charge in [-0.1, -0.05) is 30.7 Å². The number of primary amides is 1. The van der Waals surface area contributed by atoms with E-state index in [0.29, 0.717) is 0 Å². The van der Waals surface area contributed by atoms with Crippen molar-refractivity contribution in [3.63, 3.8) is 0 Å². The van der Waals surface area contributed by atoms with Crippen LogP contribution in [0.4, 0.5) is 0 Å². The van der Waals surface area contributed by atoms with E-state index in [1.54, 1.807) is 31.2 Å². The van der Waals surface area contributed by atoms with Crippen molar-refractivity contribution in [1.29, 1.82) is 5.26 Å². The van der Waals surface area contributed by atoms with E-state index in [1.165, 1.54) is 0 Å². The molecule has 0 aliphatic heterocycles. The zero-order valence-electron chi connectivity index (χ0n) is 10.4. The third kappa shape index (κ3) is 3.97. The fraction of sp³-hybridized carbons (Fsp3) is 0.308. The van der Waals surface area contributed by atoms with Gasteiger partial charge in [0.2, 0.25) is 5.91 Å². The molecule has 19 heavy (non-hydrogen) atoms. The van der Waals surface area contributed by atoms with Gasteiger partial charge >= 0.3 is 0 Å². The van der Waals surface area contributed by atoms with Gasteiger partial charge in [-0.2, -0.15) is 5.26 Å². The molecular weight excluding hydrogens is 266 g/mol. The van der Waals surface area contributed by atoms with Gasteiger partial charge in [0.25, 0.3) is 5.91 Å². The van der Waals surface area contributed by atoms with Gasteiger partial charge in [-0.3, -0.25) is 9.59 Å². The van der Waals surface area contributed by atoms with Crippen LogP contribution in [0.5, 0.6) is 0 Å². The van der Waals surface area contributed by atoms with E-state index in [9.17, 15) is 9.59 Å². The maximum atomic E-state index is 12.0. The summed E-state index contributed by atoms with van der Waals surface area (Å²) >= 11 is 5.89. The molecule has 0 saturated carbocycles. The predicted molar refractivity (Wildman–Crippen MR) is 71.3 cm³/mol. The highest BCUT2D eigenvalue weighted by Crippen LogP contribution is 2.16. The van der Waals surface area contributed by atoms with Crippen molar-refractivity contribution in [2.24, 2.45) is 11.7 Å². The minimum absolute atomic E-state index is 0.121. The SMILES string of the molecule is C[C@H](CC#N)[C@@H](NC(=O)c1ccccc1Cl)C(N)=O. The van der Waals surface area contributed by atoms with Crippen molar-refractivity contribution in [1.82, 2.24) is 5.32 Å². The summed E-state index contributed by atoms with van der Waals surface area (Å²) in [6.07, 6.45) is 0.121. The fourth-order valence-corrected chi connectivity index (χ4v) is 1.84. The lowest BCUT2D eigenvalue weighted by Crippen LogP contribution is -2.48. The quantitative estimate of drug-likeness (QED) is 0.854. The third-order valence-corrected chi connectivity index (χ3v) is 3.02. The molecule has 1 aromatic carbocycles. The van der Waals surface area contributed by atoms with Gasteiger partial charge < -0.3 is 11.1 Å². The highest BCUT2D eigenvalue weighted by molar-refractivity contribution is 6.33. The number of nitrogens with one attached hydrogen (secondary N) is 1. The van der Waals surface area contributed by atoms with Crippen LogP contribution < -0.4 is 11.1 Å². The van der Waals surface area contributed by atoms with Crippen LogP contribution in [0.25, 0.3) is 0 Å². The van der Waals surface area contributed by atoms with Gasteiger partial charge in [-0.25, -0.2) is 0 Å². The zero-order chi connectivity index (χ0) is 14.4. The van der Waals surface area contributed by atoms with Gasteiger partial charge in [0.1, 0.15) is 6.04 Å². The van der Waals surface area contributed by atoms with Crippen molar-refractivity contribution < 1.29 is 9.59 Å². The van der Waals surface area contributed by atoms with Gasteiger partial charge in [0.15, 0.2) is 0 Å². The van der Waals surface area contributed by atoms with Crippen molar-refractivity contribution in [3.05, 3.63) is 34.9 Å². The van der Waals surface area contributed by atoms with Crippen LogP contribution in [-0.2, 0) is 4.79 Å². The largest absolute Gasteiger partial charge is 0.368 e.